The summed E-state index contributed by atoms with van der Waals surface area (Å²) in [5.74, 6) is -0.354. The Hall–Kier alpha value is -2.49. The van der Waals surface area contributed by atoms with Crippen LogP contribution in [0.5, 0.6) is 0 Å². The molecule has 0 radical (unpaired) electrons. The third-order valence-corrected chi connectivity index (χ3v) is 7.61. The summed E-state index contributed by atoms with van der Waals surface area (Å²) in [7, 11) is -1.88. The van der Waals surface area contributed by atoms with Gasteiger partial charge in [-0.3, -0.25) is 4.79 Å². The SMILES string of the molecule is Cc1nc(-c2ccc(NC(=O)c3cc(S(=O)(=O)N4CCCC4)cn3C)cc2)cs1. The van der Waals surface area contributed by atoms with Crippen molar-refractivity contribution in [2.24, 2.45) is 7.05 Å². The van der Waals surface area contributed by atoms with Crippen molar-refractivity contribution in [3.05, 3.63) is 52.6 Å². The summed E-state index contributed by atoms with van der Waals surface area (Å²) in [6.07, 6.45) is 3.24. The van der Waals surface area contributed by atoms with Gasteiger partial charge < -0.3 is 9.88 Å². The molecule has 1 aliphatic heterocycles. The van der Waals surface area contributed by atoms with Crippen LogP contribution in [0.4, 0.5) is 5.69 Å². The van der Waals surface area contributed by atoms with Gasteiger partial charge in [0.1, 0.15) is 10.6 Å². The largest absolute Gasteiger partial charge is 0.345 e. The second-order valence-corrected chi connectivity index (χ2v) is 10.1. The van der Waals surface area contributed by atoms with Crippen molar-refractivity contribution in [3.8, 4) is 11.3 Å². The number of hydrogen-bond donors (Lipinski definition) is 1. The minimum Gasteiger partial charge on any atom is -0.345 e. The van der Waals surface area contributed by atoms with Gasteiger partial charge in [-0.05, 0) is 38.0 Å². The third kappa shape index (κ3) is 3.98. The molecular weight excluding hydrogens is 408 g/mol. The topological polar surface area (TPSA) is 84.3 Å². The summed E-state index contributed by atoms with van der Waals surface area (Å²) in [6, 6.07) is 8.87. The average molecular weight is 431 g/mol. The molecule has 1 aliphatic rings. The second-order valence-electron chi connectivity index (χ2n) is 7.07. The molecule has 0 aliphatic carbocycles. The van der Waals surface area contributed by atoms with E-state index in [0.717, 1.165) is 29.1 Å². The number of benzene rings is 1. The number of carbonyl (C=O) groups is 1. The minimum absolute atomic E-state index is 0.154. The highest BCUT2D eigenvalue weighted by Gasteiger charge is 2.29. The molecule has 0 saturated carbocycles. The first kappa shape index (κ1) is 19.8. The van der Waals surface area contributed by atoms with Crippen LogP contribution in [0.25, 0.3) is 11.3 Å². The van der Waals surface area contributed by atoms with E-state index >= 15 is 0 Å². The minimum atomic E-state index is -3.55. The number of nitrogens with zero attached hydrogens (tertiary/aromatic N) is 3. The van der Waals surface area contributed by atoms with Crippen LogP contribution in [-0.4, -0.2) is 41.3 Å². The number of carbonyl (C=O) groups excluding carboxylic acids is 1. The fourth-order valence-electron chi connectivity index (χ4n) is 3.39. The zero-order chi connectivity index (χ0) is 20.6. The molecule has 0 unspecified atom stereocenters. The van der Waals surface area contributed by atoms with Gasteiger partial charge in [-0.25, -0.2) is 13.4 Å². The summed E-state index contributed by atoms with van der Waals surface area (Å²) in [5.41, 5.74) is 2.81. The lowest BCUT2D eigenvalue weighted by Crippen LogP contribution is -2.27. The fraction of sp³-hybridized carbons (Fsp3) is 0.300. The van der Waals surface area contributed by atoms with Crippen molar-refractivity contribution < 1.29 is 13.2 Å². The molecule has 3 heterocycles. The number of hydrogen-bond acceptors (Lipinski definition) is 5. The number of amides is 1. The van der Waals surface area contributed by atoms with E-state index in [0.29, 0.717) is 24.5 Å². The van der Waals surface area contributed by atoms with E-state index in [2.05, 4.69) is 10.3 Å². The molecule has 0 spiro atoms. The Labute approximate surface area is 174 Å². The maximum Gasteiger partial charge on any atom is 0.272 e. The number of anilines is 1. The molecule has 152 valence electrons. The Bertz CT molecular complexity index is 1140. The molecule has 2 aromatic heterocycles. The molecule has 0 bridgehead atoms. The maximum atomic E-state index is 12.7. The van der Waals surface area contributed by atoms with Crippen molar-refractivity contribution in [1.29, 1.82) is 0 Å². The predicted octanol–water partition coefficient (Wildman–Crippen LogP) is 3.49. The van der Waals surface area contributed by atoms with Crippen LogP contribution in [0.2, 0.25) is 0 Å². The standard InChI is InChI=1S/C20H22N4O3S2/c1-14-21-18(13-28-14)15-5-7-16(8-6-15)22-20(25)19-11-17(12-23(19)2)29(26,27)24-9-3-4-10-24/h5-8,11-13H,3-4,9-10H2,1-2H3,(H,22,25). The van der Waals surface area contributed by atoms with Crippen LogP contribution in [0, 0.1) is 6.92 Å². The van der Waals surface area contributed by atoms with E-state index in [-0.39, 0.29) is 10.8 Å². The number of thiazole rings is 1. The molecule has 3 aromatic rings. The van der Waals surface area contributed by atoms with Gasteiger partial charge in [0.25, 0.3) is 5.91 Å². The van der Waals surface area contributed by atoms with Crippen LogP contribution in [-0.2, 0) is 17.1 Å². The molecule has 7 nitrogen and oxygen atoms in total. The molecule has 29 heavy (non-hydrogen) atoms. The van der Waals surface area contributed by atoms with Gasteiger partial charge >= 0.3 is 0 Å². The van der Waals surface area contributed by atoms with E-state index < -0.39 is 10.0 Å². The van der Waals surface area contributed by atoms with Gasteiger partial charge in [-0.15, -0.1) is 11.3 Å². The first-order valence-electron chi connectivity index (χ1n) is 9.35. The number of nitrogens with one attached hydrogen (secondary N) is 1. The van der Waals surface area contributed by atoms with E-state index in [1.807, 2.05) is 36.6 Å². The van der Waals surface area contributed by atoms with Gasteiger partial charge in [-0.2, -0.15) is 4.31 Å². The summed E-state index contributed by atoms with van der Waals surface area (Å²) in [5, 5.41) is 5.83. The molecule has 1 fully saturated rings. The van der Waals surface area contributed by atoms with E-state index in [9.17, 15) is 13.2 Å². The van der Waals surface area contributed by atoms with Crippen LogP contribution in [0.3, 0.4) is 0 Å². The van der Waals surface area contributed by atoms with E-state index in [1.54, 1.807) is 23.0 Å². The molecule has 4 rings (SSSR count). The highest BCUT2D eigenvalue weighted by atomic mass is 32.2. The van der Waals surface area contributed by atoms with E-state index in [4.69, 9.17) is 0 Å². The number of sulfonamides is 1. The second kappa shape index (κ2) is 7.74. The first-order valence-corrected chi connectivity index (χ1v) is 11.7. The summed E-state index contributed by atoms with van der Waals surface area (Å²) < 4.78 is 28.5. The zero-order valence-electron chi connectivity index (χ0n) is 16.3. The Morgan fingerprint density at radius 1 is 1.17 bits per heavy atom. The molecule has 1 N–H and O–H groups in total. The maximum absolute atomic E-state index is 12.7. The highest BCUT2D eigenvalue weighted by Crippen LogP contribution is 2.25. The first-order chi connectivity index (χ1) is 13.8. The molecule has 1 saturated heterocycles. The summed E-state index contributed by atoms with van der Waals surface area (Å²) in [6.45, 7) is 3.02. The fourth-order valence-corrected chi connectivity index (χ4v) is 5.61. The lowest BCUT2D eigenvalue weighted by Gasteiger charge is -2.13. The van der Waals surface area contributed by atoms with Gasteiger partial charge in [0.05, 0.1) is 10.7 Å². The van der Waals surface area contributed by atoms with Gasteiger partial charge in [0.15, 0.2) is 0 Å². The van der Waals surface area contributed by atoms with Crippen molar-refractivity contribution in [1.82, 2.24) is 13.9 Å². The smallest absolute Gasteiger partial charge is 0.272 e. The molecular formula is C20H22N4O3S2. The Balaban J connectivity index is 1.51. The van der Waals surface area contributed by atoms with Crippen LogP contribution in [0.15, 0.2) is 46.8 Å². The Morgan fingerprint density at radius 2 is 1.86 bits per heavy atom. The van der Waals surface area contributed by atoms with Crippen molar-refractivity contribution >= 4 is 33.0 Å². The normalized spacial score (nSPS) is 15.0. The Kier molecular flexibility index (Phi) is 5.28. The van der Waals surface area contributed by atoms with Crippen molar-refractivity contribution in [3.63, 3.8) is 0 Å². The third-order valence-electron chi connectivity index (χ3n) is 4.97. The number of aromatic nitrogens is 2. The van der Waals surface area contributed by atoms with Gasteiger partial charge in [0, 0.05) is 43.0 Å². The quantitative estimate of drug-likeness (QED) is 0.671. The molecule has 9 heteroatoms. The zero-order valence-corrected chi connectivity index (χ0v) is 17.9. The average Bonchev–Trinajstić information content (AvgIpc) is 3.43. The highest BCUT2D eigenvalue weighted by molar-refractivity contribution is 7.89. The van der Waals surface area contributed by atoms with Gasteiger partial charge in [-0.1, -0.05) is 12.1 Å². The van der Waals surface area contributed by atoms with Crippen molar-refractivity contribution in [2.75, 3.05) is 18.4 Å². The molecule has 1 aromatic carbocycles. The lowest BCUT2D eigenvalue weighted by atomic mass is 10.1. The monoisotopic (exact) mass is 430 g/mol. The Morgan fingerprint density at radius 3 is 2.48 bits per heavy atom. The summed E-state index contributed by atoms with van der Waals surface area (Å²) >= 11 is 1.59. The lowest BCUT2D eigenvalue weighted by molar-refractivity contribution is 0.101. The summed E-state index contributed by atoms with van der Waals surface area (Å²) in [4.78, 5) is 17.3. The van der Waals surface area contributed by atoms with Crippen LogP contribution in [0.1, 0.15) is 28.3 Å². The molecule has 1 amide bonds. The predicted molar refractivity (Wildman–Crippen MR) is 114 cm³/mol. The molecule has 0 atom stereocenters. The van der Waals surface area contributed by atoms with E-state index in [1.165, 1.54) is 16.6 Å². The van der Waals surface area contributed by atoms with Gasteiger partial charge in [0.2, 0.25) is 10.0 Å². The number of rotatable bonds is 5. The number of aryl methyl sites for hydroxylation is 2. The van der Waals surface area contributed by atoms with Crippen LogP contribution < -0.4 is 5.32 Å². The van der Waals surface area contributed by atoms with Crippen molar-refractivity contribution in [2.45, 2.75) is 24.7 Å². The van der Waals surface area contributed by atoms with Crippen LogP contribution >= 0.6 is 11.3 Å².